The molecule has 0 spiro atoms. The van der Waals surface area contributed by atoms with Gasteiger partial charge in [-0.2, -0.15) is 8.42 Å². The molecule has 2 aromatic rings. The third-order valence-corrected chi connectivity index (χ3v) is 3.54. The molecule has 118 valence electrons. The topological polar surface area (TPSA) is 112 Å². The first kappa shape index (κ1) is 17.8. The average Bonchev–Trinajstić information content (AvgIpc) is 2.47. The summed E-state index contributed by atoms with van der Waals surface area (Å²) in [5, 5.41) is 17.4. The lowest BCUT2D eigenvalue weighted by Gasteiger charge is -2.03. The zero-order valence-corrected chi connectivity index (χ0v) is 12.6. The molecule has 3 N–H and O–H groups in total. The highest BCUT2D eigenvalue weighted by Gasteiger charge is 2.14. The summed E-state index contributed by atoms with van der Waals surface area (Å²) in [5.41, 5.74) is 1.36. The summed E-state index contributed by atoms with van der Waals surface area (Å²) in [6.45, 7) is 1.84. The van der Waals surface area contributed by atoms with Gasteiger partial charge in [0.25, 0.3) is 10.1 Å². The molecule has 0 aromatic heterocycles. The third kappa shape index (κ3) is 5.65. The second-order valence-electron chi connectivity index (χ2n) is 4.44. The minimum Gasteiger partial charge on any atom is -0.479 e. The Morgan fingerprint density at radius 1 is 1.00 bits per heavy atom. The van der Waals surface area contributed by atoms with Gasteiger partial charge in [-0.15, -0.1) is 0 Å². The van der Waals surface area contributed by atoms with Crippen LogP contribution < -0.4 is 0 Å². The Kier molecular flexibility index (Phi) is 6.24. The molecule has 0 amide bonds. The summed E-state index contributed by atoms with van der Waals surface area (Å²) in [7, 11) is -4.02. The highest BCUT2D eigenvalue weighted by Crippen LogP contribution is 2.11. The van der Waals surface area contributed by atoms with E-state index in [-0.39, 0.29) is 4.90 Å². The number of carboxylic acids is 1. The average molecular weight is 324 g/mol. The predicted molar refractivity (Wildman–Crippen MR) is 80.0 cm³/mol. The summed E-state index contributed by atoms with van der Waals surface area (Å²) < 4.78 is 29.6. The summed E-state index contributed by atoms with van der Waals surface area (Å²) >= 11 is 0. The van der Waals surface area contributed by atoms with Crippen molar-refractivity contribution in [3.8, 4) is 0 Å². The summed E-state index contributed by atoms with van der Waals surface area (Å²) in [6, 6.07) is 14.3. The number of rotatable bonds is 3. The molecule has 0 aliphatic heterocycles. The Morgan fingerprint density at radius 2 is 1.50 bits per heavy atom. The van der Waals surface area contributed by atoms with Gasteiger partial charge in [0.1, 0.15) is 0 Å². The van der Waals surface area contributed by atoms with Crippen molar-refractivity contribution in [2.75, 3.05) is 0 Å². The van der Waals surface area contributed by atoms with Gasteiger partial charge in [-0.3, -0.25) is 4.55 Å². The third-order valence-electron chi connectivity index (χ3n) is 2.67. The maximum absolute atomic E-state index is 10.5. The molecular formula is C15H16O6S. The molecule has 7 heteroatoms. The van der Waals surface area contributed by atoms with Crippen molar-refractivity contribution in [2.45, 2.75) is 17.9 Å². The van der Waals surface area contributed by atoms with Crippen molar-refractivity contribution in [2.24, 2.45) is 0 Å². The monoisotopic (exact) mass is 324 g/mol. The fourth-order valence-electron chi connectivity index (χ4n) is 1.49. The molecule has 0 aliphatic carbocycles. The van der Waals surface area contributed by atoms with E-state index in [1.807, 2.05) is 6.92 Å². The first-order chi connectivity index (χ1) is 10.2. The molecule has 6 nitrogen and oxygen atoms in total. The lowest BCUT2D eigenvalue weighted by atomic mass is 10.1. The van der Waals surface area contributed by atoms with Crippen LogP contribution >= 0.6 is 0 Å². The van der Waals surface area contributed by atoms with Crippen molar-refractivity contribution in [3.63, 3.8) is 0 Å². The number of aliphatic carboxylic acids is 1. The van der Waals surface area contributed by atoms with E-state index in [0.717, 1.165) is 5.56 Å². The molecule has 22 heavy (non-hydrogen) atoms. The van der Waals surface area contributed by atoms with Crippen molar-refractivity contribution >= 4 is 16.1 Å². The van der Waals surface area contributed by atoms with E-state index >= 15 is 0 Å². The molecule has 0 fully saturated rings. The van der Waals surface area contributed by atoms with Crippen LogP contribution in [0.3, 0.4) is 0 Å². The first-order valence-corrected chi connectivity index (χ1v) is 7.66. The summed E-state index contributed by atoms with van der Waals surface area (Å²) in [6.07, 6.45) is -1.41. The van der Waals surface area contributed by atoms with Crippen LogP contribution in [0, 0.1) is 6.92 Å². The molecule has 0 radical (unpaired) electrons. The van der Waals surface area contributed by atoms with Crippen LogP contribution in [-0.2, 0) is 14.9 Å². The molecule has 2 aromatic carbocycles. The smallest absolute Gasteiger partial charge is 0.337 e. The van der Waals surface area contributed by atoms with Crippen LogP contribution in [-0.4, -0.2) is 29.2 Å². The van der Waals surface area contributed by atoms with E-state index in [0.29, 0.717) is 5.56 Å². The van der Waals surface area contributed by atoms with E-state index < -0.39 is 22.2 Å². The normalized spacial score (nSPS) is 12.0. The Morgan fingerprint density at radius 3 is 1.91 bits per heavy atom. The number of hydrogen-bond acceptors (Lipinski definition) is 4. The highest BCUT2D eigenvalue weighted by atomic mass is 32.2. The SMILES string of the molecule is Cc1ccc(S(=O)(=O)O)cc1.O=C(O)C(O)c1ccccc1. The molecule has 0 saturated heterocycles. The second kappa shape index (κ2) is 7.69. The Bertz CT molecular complexity index is 707. The van der Waals surface area contributed by atoms with Crippen LogP contribution in [0.1, 0.15) is 17.2 Å². The van der Waals surface area contributed by atoms with Crippen LogP contribution in [0.15, 0.2) is 59.5 Å². The number of aliphatic hydroxyl groups is 1. The fourth-order valence-corrected chi connectivity index (χ4v) is 1.97. The molecular weight excluding hydrogens is 308 g/mol. The quantitative estimate of drug-likeness (QED) is 0.745. The second-order valence-corrected chi connectivity index (χ2v) is 5.86. The van der Waals surface area contributed by atoms with Gasteiger partial charge >= 0.3 is 5.97 Å². The largest absolute Gasteiger partial charge is 0.479 e. The minimum absolute atomic E-state index is 0.0666. The highest BCUT2D eigenvalue weighted by molar-refractivity contribution is 7.85. The van der Waals surface area contributed by atoms with Crippen LogP contribution in [0.2, 0.25) is 0 Å². The summed E-state index contributed by atoms with van der Waals surface area (Å²) in [4.78, 5) is 10.2. The van der Waals surface area contributed by atoms with E-state index in [4.69, 9.17) is 14.8 Å². The maximum Gasteiger partial charge on any atom is 0.337 e. The number of hydrogen-bond donors (Lipinski definition) is 3. The van der Waals surface area contributed by atoms with Crippen LogP contribution in [0.5, 0.6) is 0 Å². The molecule has 0 bridgehead atoms. The maximum atomic E-state index is 10.5. The van der Waals surface area contributed by atoms with Crippen molar-refractivity contribution in [1.82, 2.24) is 0 Å². The van der Waals surface area contributed by atoms with Gasteiger partial charge in [0.05, 0.1) is 4.90 Å². The first-order valence-electron chi connectivity index (χ1n) is 6.22. The molecule has 2 rings (SSSR count). The van der Waals surface area contributed by atoms with Gasteiger partial charge in [-0.05, 0) is 24.6 Å². The van der Waals surface area contributed by atoms with Gasteiger partial charge < -0.3 is 10.2 Å². The van der Waals surface area contributed by atoms with Gasteiger partial charge in [-0.1, -0.05) is 48.0 Å². The van der Waals surface area contributed by atoms with E-state index in [2.05, 4.69) is 0 Å². The number of carboxylic acid groups (broad SMARTS) is 1. The van der Waals surface area contributed by atoms with Crippen molar-refractivity contribution < 1.29 is 28.0 Å². The number of aliphatic hydroxyl groups excluding tert-OH is 1. The Hall–Kier alpha value is -2.22. The molecule has 1 unspecified atom stereocenters. The van der Waals surface area contributed by atoms with Crippen molar-refractivity contribution in [1.29, 1.82) is 0 Å². The van der Waals surface area contributed by atoms with Gasteiger partial charge in [0, 0.05) is 0 Å². The Labute approximate surface area is 128 Å². The molecule has 0 aliphatic rings. The molecule has 0 heterocycles. The van der Waals surface area contributed by atoms with E-state index in [1.165, 1.54) is 12.1 Å². The van der Waals surface area contributed by atoms with Crippen molar-refractivity contribution in [3.05, 3.63) is 65.7 Å². The predicted octanol–water partition coefficient (Wildman–Crippen LogP) is 2.05. The van der Waals surface area contributed by atoms with Gasteiger partial charge in [0.15, 0.2) is 6.10 Å². The molecule has 1 atom stereocenters. The fraction of sp³-hybridized carbons (Fsp3) is 0.133. The minimum atomic E-state index is -4.02. The number of carbonyl (C=O) groups is 1. The van der Waals surface area contributed by atoms with Crippen LogP contribution in [0.4, 0.5) is 0 Å². The number of aryl methyl sites for hydroxylation is 1. The van der Waals surface area contributed by atoms with E-state index in [1.54, 1.807) is 42.5 Å². The van der Waals surface area contributed by atoms with Crippen LogP contribution in [0.25, 0.3) is 0 Å². The van der Waals surface area contributed by atoms with E-state index in [9.17, 15) is 13.2 Å². The lowest BCUT2D eigenvalue weighted by molar-refractivity contribution is -0.146. The number of benzene rings is 2. The summed E-state index contributed by atoms with van der Waals surface area (Å²) in [5.74, 6) is -1.23. The zero-order chi connectivity index (χ0) is 16.8. The zero-order valence-electron chi connectivity index (χ0n) is 11.7. The molecule has 0 saturated carbocycles. The van der Waals surface area contributed by atoms with Gasteiger partial charge in [0.2, 0.25) is 0 Å². The Balaban J connectivity index is 0.000000220. The standard InChI is InChI=1S/C8H8O3.C7H8O3S/c9-7(8(10)11)6-4-2-1-3-5-6;1-6-2-4-7(5-3-6)11(8,9)10/h1-5,7,9H,(H,10,11);2-5H,1H3,(H,8,9,10). The van der Waals surface area contributed by atoms with Gasteiger partial charge in [-0.25, -0.2) is 4.79 Å². The lowest BCUT2D eigenvalue weighted by Crippen LogP contribution is -2.09.